The minimum atomic E-state index is -0.0759. The number of nitrogens with zero attached hydrogens (tertiary/aromatic N) is 2. The van der Waals surface area contributed by atoms with Crippen molar-refractivity contribution in [3.63, 3.8) is 0 Å². The van der Waals surface area contributed by atoms with Crippen LogP contribution in [0.5, 0.6) is 0 Å². The van der Waals surface area contributed by atoms with E-state index in [1.807, 2.05) is 41.0 Å². The first-order valence-electron chi connectivity index (χ1n) is 11.6. The minimum Gasteiger partial charge on any atom is -0.293 e. The maximum Gasteiger partial charge on any atom is 0.258 e. The van der Waals surface area contributed by atoms with Crippen molar-refractivity contribution in [2.45, 2.75) is 61.6 Å². The standard InChI is InChI=1S/C27H26N2O2S/c30-22(18-8-2-1-3-9-18)17-32-26-28-24-21-11-5-4-10-19(21)16-27(14-6-7-15-27)23(24)25(31)29(26)20-12-13-20/h1-5,8-11,20H,6-7,12-17H2. The molecule has 3 aliphatic rings. The molecule has 0 amide bonds. The van der Waals surface area contributed by atoms with E-state index in [2.05, 4.69) is 18.2 Å². The van der Waals surface area contributed by atoms with Gasteiger partial charge in [-0.15, -0.1) is 0 Å². The van der Waals surface area contributed by atoms with Crippen LogP contribution in [0, 0.1) is 0 Å². The fourth-order valence-electron chi connectivity index (χ4n) is 5.62. The van der Waals surface area contributed by atoms with Crippen LogP contribution in [0.2, 0.25) is 0 Å². The van der Waals surface area contributed by atoms with Crippen molar-refractivity contribution >= 4 is 17.5 Å². The molecule has 5 heteroatoms. The Balaban J connectivity index is 1.47. The first-order chi connectivity index (χ1) is 15.7. The largest absolute Gasteiger partial charge is 0.293 e. The molecule has 0 unspecified atom stereocenters. The lowest BCUT2D eigenvalue weighted by atomic mass is 9.68. The number of thioether (sulfide) groups is 1. The van der Waals surface area contributed by atoms with Crippen LogP contribution in [0.1, 0.15) is 66.1 Å². The molecular weight excluding hydrogens is 416 g/mol. The smallest absolute Gasteiger partial charge is 0.258 e. The highest BCUT2D eigenvalue weighted by atomic mass is 32.2. The zero-order chi connectivity index (χ0) is 21.7. The third-order valence-electron chi connectivity index (χ3n) is 7.32. The summed E-state index contributed by atoms with van der Waals surface area (Å²) >= 11 is 1.41. The normalized spacial score (nSPS) is 18.4. The summed E-state index contributed by atoms with van der Waals surface area (Å²) < 4.78 is 1.93. The first kappa shape index (κ1) is 20.0. The Morgan fingerprint density at radius 1 is 1.03 bits per heavy atom. The van der Waals surface area contributed by atoms with Crippen molar-refractivity contribution in [2.24, 2.45) is 0 Å². The summed E-state index contributed by atoms with van der Waals surface area (Å²) in [5.74, 6) is 0.354. The van der Waals surface area contributed by atoms with E-state index in [1.54, 1.807) is 0 Å². The molecule has 0 saturated heterocycles. The van der Waals surface area contributed by atoms with Gasteiger partial charge in [-0.25, -0.2) is 4.98 Å². The Morgan fingerprint density at radius 3 is 2.50 bits per heavy atom. The van der Waals surface area contributed by atoms with Gasteiger partial charge in [0.2, 0.25) is 0 Å². The average Bonchev–Trinajstić information content (AvgIpc) is 3.56. The van der Waals surface area contributed by atoms with E-state index >= 15 is 0 Å². The zero-order valence-corrected chi connectivity index (χ0v) is 18.9. The second-order valence-electron chi connectivity index (χ2n) is 9.42. The second-order valence-corrected chi connectivity index (χ2v) is 10.4. The maximum atomic E-state index is 14.0. The Morgan fingerprint density at radius 2 is 1.75 bits per heavy atom. The number of carbonyl (C=O) groups excluding carboxylic acids is 1. The van der Waals surface area contributed by atoms with Crippen LogP contribution in [-0.2, 0) is 11.8 Å². The van der Waals surface area contributed by atoms with Gasteiger partial charge < -0.3 is 0 Å². The average molecular weight is 443 g/mol. The third-order valence-corrected chi connectivity index (χ3v) is 8.27. The quantitative estimate of drug-likeness (QED) is 0.294. The van der Waals surface area contributed by atoms with Crippen LogP contribution >= 0.6 is 11.8 Å². The summed E-state index contributed by atoms with van der Waals surface area (Å²) in [6, 6.07) is 18.0. The van der Waals surface area contributed by atoms with Crippen molar-refractivity contribution in [2.75, 3.05) is 5.75 Å². The lowest BCUT2D eigenvalue weighted by molar-refractivity contribution is 0.102. The van der Waals surface area contributed by atoms with E-state index in [4.69, 9.17) is 4.98 Å². The molecule has 2 saturated carbocycles. The molecule has 6 rings (SSSR count). The lowest BCUT2D eigenvalue weighted by Crippen LogP contribution is -2.40. The van der Waals surface area contributed by atoms with Gasteiger partial charge in [0.1, 0.15) is 0 Å². The molecule has 1 aromatic heterocycles. The SMILES string of the molecule is O=C(CSc1nc2c(c(=O)n1C1CC1)C1(CCCC1)Cc1ccccc1-2)c1ccccc1. The van der Waals surface area contributed by atoms with Crippen molar-refractivity contribution in [3.05, 3.63) is 81.6 Å². The molecule has 3 aromatic rings. The molecule has 3 aliphatic carbocycles. The molecule has 0 atom stereocenters. The van der Waals surface area contributed by atoms with E-state index in [9.17, 15) is 9.59 Å². The van der Waals surface area contributed by atoms with Gasteiger partial charge in [0.25, 0.3) is 5.56 Å². The monoisotopic (exact) mass is 442 g/mol. The highest BCUT2D eigenvalue weighted by molar-refractivity contribution is 7.99. The fourth-order valence-corrected chi connectivity index (χ4v) is 6.57. The molecule has 0 aliphatic heterocycles. The molecule has 0 radical (unpaired) electrons. The molecule has 4 nitrogen and oxygen atoms in total. The number of carbonyl (C=O) groups is 1. The van der Waals surface area contributed by atoms with Crippen LogP contribution in [0.15, 0.2) is 64.5 Å². The number of hydrogen-bond donors (Lipinski definition) is 0. The fraction of sp³-hybridized carbons (Fsp3) is 0.370. The van der Waals surface area contributed by atoms with Crippen molar-refractivity contribution in [1.29, 1.82) is 0 Å². The Hall–Kier alpha value is -2.66. The zero-order valence-electron chi connectivity index (χ0n) is 18.0. The first-order valence-corrected chi connectivity index (χ1v) is 12.6. The van der Waals surface area contributed by atoms with Crippen LogP contribution in [-0.4, -0.2) is 21.1 Å². The van der Waals surface area contributed by atoms with Gasteiger partial charge in [-0.05, 0) is 37.7 Å². The number of Topliss-reactive ketones (excluding diaryl/α,β-unsaturated/α-hetero) is 1. The molecule has 1 heterocycles. The molecular formula is C27H26N2O2S. The lowest BCUT2D eigenvalue weighted by Gasteiger charge is -2.36. The summed E-state index contributed by atoms with van der Waals surface area (Å²) in [7, 11) is 0. The summed E-state index contributed by atoms with van der Waals surface area (Å²) in [5.41, 5.74) is 4.97. The number of rotatable bonds is 5. The summed E-state index contributed by atoms with van der Waals surface area (Å²) in [6.45, 7) is 0. The second kappa shape index (κ2) is 7.73. The van der Waals surface area contributed by atoms with Crippen LogP contribution in [0.4, 0.5) is 0 Å². The highest BCUT2D eigenvalue weighted by Gasteiger charge is 2.45. The minimum absolute atomic E-state index is 0.0672. The summed E-state index contributed by atoms with van der Waals surface area (Å²) in [4.78, 5) is 31.9. The van der Waals surface area contributed by atoms with Gasteiger partial charge in [0.15, 0.2) is 10.9 Å². The number of benzene rings is 2. The van der Waals surface area contributed by atoms with Gasteiger partial charge in [0, 0.05) is 22.6 Å². The summed E-state index contributed by atoms with van der Waals surface area (Å²) in [5, 5.41) is 0.699. The Bertz CT molecular complexity index is 1250. The number of fused-ring (bicyclic) bond motifs is 4. The molecule has 32 heavy (non-hydrogen) atoms. The van der Waals surface area contributed by atoms with Crippen molar-refractivity contribution in [1.82, 2.24) is 9.55 Å². The van der Waals surface area contributed by atoms with E-state index in [1.165, 1.54) is 30.2 Å². The van der Waals surface area contributed by atoms with Gasteiger partial charge in [-0.2, -0.15) is 0 Å². The van der Waals surface area contributed by atoms with Gasteiger partial charge in [-0.1, -0.05) is 79.2 Å². The van der Waals surface area contributed by atoms with E-state index in [0.717, 1.165) is 48.9 Å². The third kappa shape index (κ3) is 3.25. The highest BCUT2D eigenvalue weighted by Crippen LogP contribution is 2.50. The maximum absolute atomic E-state index is 14.0. The van der Waals surface area contributed by atoms with E-state index in [0.29, 0.717) is 10.7 Å². The summed E-state index contributed by atoms with van der Waals surface area (Å²) in [6.07, 6.45) is 7.45. The topological polar surface area (TPSA) is 52.0 Å². The molecule has 1 spiro atoms. The predicted molar refractivity (Wildman–Crippen MR) is 128 cm³/mol. The molecule has 2 fully saturated rings. The molecule has 2 aromatic carbocycles. The molecule has 162 valence electrons. The molecule has 0 bridgehead atoms. The van der Waals surface area contributed by atoms with Crippen molar-refractivity contribution in [3.8, 4) is 11.3 Å². The van der Waals surface area contributed by atoms with Gasteiger partial charge in [0.05, 0.1) is 17.0 Å². The van der Waals surface area contributed by atoms with Gasteiger partial charge >= 0.3 is 0 Å². The van der Waals surface area contributed by atoms with Crippen molar-refractivity contribution < 1.29 is 4.79 Å². The number of ketones is 1. The van der Waals surface area contributed by atoms with E-state index in [-0.39, 0.29) is 28.6 Å². The Kier molecular flexibility index (Phi) is 4.83. The number of aromatic nitrogens is 2. The van der Waals surface area contributed by atoms with Crippen LogP contribution in [0.25, 0.3) is 11.3 Å². The van der Waals surface area contributed by atoms with Crippen LogP contribution < -0.4 is 5.56 Å². The van der Waals surface area contributed by atoms with Gasteiger partial charge in [-0.3, -0.25) is 14.2 Å². The number of hydrogen-bond acceptors (Lipinski definition) is 4. The van der Waals surface area contributed by atoms with Crippen LogP contribution in [0.3, 0.4) is 0 Å². The molecule has 0 N–H and O–H groups in total. The van der Waals surface area contributed by atoms with E-state index < -0.39 is 0 Å². The predicted octanol–water partition coefficient (Wildman–Crippen LogP) is 5.59. The Labute approximate surface area is 192 Å².